The van der Waals surface area contributed by atoms with Gasteiger partial charge in [0, 0.05) is 0 Å². The molecule has 4 nitrogen and oxygen atoms in total. The van der Waals surface area contributed by atoms with Crippen molar-refractivity contribution in [2.45, 2.75) is 11.9 Å². The number of esters is 1. The summed E-state index contributed by atoms with van der Waals surface area (Å²) in [5.74, 6) is 0.479. The number of hydrogen-bond acceptors (Lipinski definition) is 5. The molecule has 1 rings (SSSR count). The number of thioether (sulfide) groups is 1. The van der Waals surface area contributed by atoms with Crippen LogP contribution in [0.4, 0.5) is 0 Å². The number of aromatic nitrogens is 2. The molecule has 1 heterocycles. The van der Waals surface area contributed by atoms with Crippen molar-refractivity contribution < 1.29 is 9.53 Å². The number of nitrogens with zero attached hydrogens (tertiary/aromatic N) is 2. The molecule has 1 aromatic rings. The van der Waals surface area contributed by atoms with Crippen LogP contribution in [0.3, 0.4) is 0 Å². The van der Waals surface area contributed by atoms with Crippen molar-refractivity contribution in [3.05, 3.63) is 18.1 Å². The Hall–Kier alpha value is -1.10. The molecule has 5 heteroatoms. The normalized spacial score (nSPS) is 9.69. The first kappa shape index (κ1) is 9.98. The zero-order chi connectivity index (χ0) is 9.68. The average Bonchev–Trinajstić information content (AvgIpc) is 2.18. The molecule has 0 amide bonds. The minimum Gasteiger partial charge on any atom is -0.464 e. The van der Waals surface area contributed by atoms with E-state index in [2.05, 4.69) is 14.7 Å². The zero-order valence-electron chi connectivity index (χ0n) is 7.48. The van der Waals surface area contributed by atoms with Gasteiger partial charge in [0.15, 0.2) is 5.69 Å². The number of ether oxygens (including phenoxy) is 1. The van der Waals surface area contributed by atoms with E-state index in [1.54, 1.807) is 18.0 Å². The molecule has 0 unspecified atom stereocenters. The van der Waals surface area contributed by atoms with Gasteiger partial charge in [-0.05, 0) is 5.75 Å². The number of carbonyl (C=O) groups is 1. The number of hydrogen-bond donors (Lipinski definition) is 0. The lowest BCUT2D eigenvalue weighted by molar-refractivity contribution is 0.0593. The predicted octanol–water partition coefficient (Wildman–Crippen LogP) is 1.38. The van der Waals surface area contributed by atoms with Crippen LogP contribution in [0.5, 0.6) is 0 Å². The lowest BCUT2D eigenvalue weighted by Crippen LogP contribution is -2.04. The SMILES string of the molecule is CCSc1cnc(C(=O)OC)cn1. The molecule has 0 saturated carbocycles. The second-order valence-electron chi connectivity index (χ2n) is 2.16. The van der Waals surface area contributed by atoms with E-state index in [9.17, 15) is 4.79 Å². The van der Waals surface area contributed by atoms with E-state index in [0.717, 1.165) is 10.8 Å². The third kappa shape index (κ3) is 2.69. The van der Waals surface area contributed by atoms with Gasteiger partial charge >= 0.3 is 5.97 Å². The van der Waals surface area contributed by atoms with Crippen molar-refractivity contribution in [1.82, 2.24) is 9.97 Å². The van der Waals surface area contributed by atoms with Crippen LogP contribution in [-0.2, 0) is 4.74 Å². The van der Waals surface area contributed by atoms with Gasteiger partial charge in [-0.15, -0.1) is 11.8 Å². The lowest BCUT2D eigenvalue weighted by Gasteiger charge is -1.98. The van der Waals surface area contributed by atoms with E-state index >= 15 is 0 Å². The molecule has 0 radical (unpaired) electrons. The van der Waals surface area contributed by atoms with Crippen molar-refractivity contribution >= 4 is 17.7 Å². The number of carbonyl (C=O) groups excluding carboxylic acids is 1. The summed E-state index contributed by atoms with van der Waals surface area (Å²) in [6, 6.07) is 0. The maximum absolute atomic E-state index is 11.0. The quantitative estimate of drug-likeness (QED) is 0.542. The third-order valence-electron chi connectivity index (χ3n) is 1.31. The second kappa shape index (κ2) is 4.81. The summed E-state index contributed by atoms with van der Waals surface area (Å²) >= 11 is 1.58. The Kier molecular flexibility index (Phi) is 3.70. The third-order valence-corrected chi connectivity index (χ3v) is 2.11. The summed E-state index contributed by atoms with van der Waals surface area (Å²) in [4.78, 5) is 18.9. The van der Waals surface area contributed by atoms with Crippen LogP contribution in [0, 0.1) is 0 Å². The maximum Gasteiger partial charge on any atom is 0.358 e. The maximum atomic E-state index is 11.0. The zero-order valence-corrected chi connectivity index (χ0v) is 8.30. The topological polar surface area (TPSA) is 52.1 Å². The Morgan fingerprint density at radius 1 is 1.54 bits per heavy atom. The highest BCUT2D eigenvalue weighted by Gasteiger charge is 2.06. The minimum atomic E-state index is -0.458. The van der Waals surface area contributed by atoms with Gasteiger partial charge in [0.05, 0.1) is 19.5 Å². The molecular formula is C8H10N2O2S. The molecular weight excluding hydrogens is 188 g/mol. The van der Waals surface area contributed by atoms with E-state index in [1.165, 1.54) is 13.3 Å². The van der Waals surface area contributed by atoms with Crippen molar-refractivity contribution in [2.24, 2.45) is 0 Å². The predicted molar refractivity (Wildman–Crippen MR) is 49.8 cm³/mol. The first-order valence-corrected chi connectivity index (χ1v) is 4.79. The Morgan fingerprint density at radius 3 is 2.77 bits per heavy atom. The van der Waals surface area contributed by atoms with Gasteiger partial charge in [-0.2, -0.15) is 0 Å². The van der Waals surface area contributed by atoms with E-state index in [4.69, 9.17) is 0 Å². The largest absolute Gasteiger partial charge is 0.464 e. The fraction of sp³-hybridized carbons (Fsp3) is 0.375. The Balaban J connectivity index is 2.75. The summed E-state index contributed by atoms with van der Waals surface area (Å²) in [6.07, 6.45) is 2.99. The van der Waals surface area contributed by atoms with Crippen LogP contribution in [0.1, 0.15) is 17.4 Å². The molecule has 1 aromatic heterocycles. The first-order chi connectivity index (χ1) is 6.27. The number of methoxy groups -OCH3 is 1. The highest BCUT2D eigenvalue weighted by atomic mass is 32.2. The molecule has 0 aliphatic carbocycles. The van der Waals surface area contributed by atoms with Crippen LogP contribution < -0.4 is 0 Å². The fourth-order valence-electron chi connectivity index (χ4n) is 0.749. The Morgan fingerprint density at radius 2 is 2.31 bits per heavy atom. The van der Waals surface area contributed by atoms with Crippen LogP contribution in [-0.4, -0.2) is 28.8 Å². The van der Waals surface area contributed by atoms with Gasteiger partial charge in [-0.3, -0.25) is 0 Å². The van der Waals surface area contributed by atoms with Crippen LogP contribution in [0.15, 0.2) is 17.4 Å². The van der Waals surface area contributed by atoms with Crippen molar-refractivity contribution in [3.8, 4) is 0 Å². The number of rotatable bonds is 3. The van der Waals surface area contributed by atoms with Crippen LogP contribution in [0.25, 0.3) is 0 Å². The summed E-state index contributed by atoms with van der Waals surface area (Å²) in [5, 5.41) is 0.815. The molecule has 0 aliphatic rings. The van der Waals surface area contributed by atoms with Gasteiger partial charge in [0.1, 0.15) is 5.03 Å². The summed E-state index contributed by atoms with van der Waals surface area (Å²) in [5.41, 5.74) is 0.239. The summed E-state index contributed by atoms with van der Waals surface area (Å²) in [7, 11) is 1.32. The van der Waals surface area contributed by atoms with Gasteiger partial charge in [0.25, 0.3) is 0 Å². The minimum absolute atomic E-state index is 0.239. The Labute approximate surface area is 80.7 Å². The monoisotopic (exact) mass is 198 g/mol. The highest BCUT2D eigenvalue weighted by Crippen LogP contribution is 2.12. The van der Waals surface area contributed by atoms with E-state index in [-0.39, 0.29) is 5.69 Å². The van der Waals surface area contributed by atoms with Gasteiger partial charge in [0.2, 0.25) is 0 Å². The second-order valence-corrected chi connectivity index (χ2v) is 3.45. The summed E-state index contributed by atoms with van der Waals surface area (Å²) < 4.78 is 4.49. The molecule has 0 N–H and O–H groups in total. The standard InChI is InChI=1S/C8H10N2O2S/c1-3-13-7-5-9-6(4-10-7)8(11)12-2/h4-5H,3H2,1-2H3. The van der Waals surface area contributed by atoms with E-state index in [0.29, 0.717) is 0 Å². The van der Waals surface area contributed by atoms with Gasteiger partial charge in [-0.1, -0.05) is 6.92 Å². The molecule has 0 aliphatic heterocycles. The molecule has 0 fully saturated rings. The van der Waals surface area contributed by atoms with Crippen molar-refractivity contribution in [2.75, 3.05) is 12.9 Å². The van der Waals surface area contributed by atoms with Crippen LogP contribution in [0.2, 0.25) is 0 Å². The summed E-state index contributed by atoms with van der Waals surface area (Å²) in [6.45, 7) is 2.03. The highest BCUT2D eigenvalue weighted by molar-refractivity contribution is 7.99. The molecule has 13 heavy (non-hydrogen) atoms. The average molecular weight is 198 g/mol. The van der Waals surface area contributed by atoms with Gasteiger partial charge in [-0.25, -0.2) is 14.8 Å². The molecule has 0 spiro atoms. The fourth-order valence-corrected chi connectivity index (χ4v) is 1.30. The molecule has 0 aromatic carbocycles. The van der Waals surface area contributed by atoms with Gasteiger partial charge < -0.3 is 4.74 Å². The van der Waals surface area contributed by atoms with Crippen molar-refractivity contribution in [1.29, 1.82) is 0 Å². The molecule has 0 saturated heterocycles. The van der Waals surface area contributed by atoms with Crippen LogP contribution >= 0.6 is 11.8 Å². The van der Waals surface area contributed by atoms with Crippen molar-refractivity contribution in [3.63, 3.8) is 0 Å². The lowest BCUT2D eigenvalue weighted by atomic mass is 10.5. The smallest absolute Gasteiger partial charge is 0.358 e. The molecule has 0 bridgehead atoms. The Bertz CT molecular complexity index is 287. The molecule has 70 valence electrons. The first-order valence-electron chi connectivity index (χ1n) is 3.81. The van der Waals surface area contributed by atoms with E-state index in [1.807, 2.05) is 6.92 Å². The van der Waals surface area contributed by atoms with E-state index < -0.39 is 5.97 Å². The molecule has 0 atom stereocenters.